The fraction of sp³-hybridized carbons (Fsp3) is 0.571. The average Bonchev–Trinajstić information content (AvgIpc) is 2.55. The van der Waals surface area contributed by atoms with Crippen molar-refractivity contribution in [2.75, 3.05) is 5.88 Å². The molecule has 0 spiro atoms. The molecule has 94 valence electrons. The molecule has 1 aliphatic rings. The van der Waals surface area contributed by atoms with Crippen LogP contribution in [0.2, 0.25) is 0 Å². The highest BCUT2D eigenvalue weighted by Crippen LogP contribution is 2.30. The van der Waals surface area contributed by atoms with Crippen molar-refractivity contribution in [3.05, 3.63) is 29.3 Å². The van der Waals surface area contributed by atoms with Gasteiger partial charge < -0.3 is 4.74 Å². The molecular formula is C14H18ClIO. The zero-order chi connectivity index (χ0) is 12.1. The second kappa shape index (κ2) is 6.83. The quantitative estimate of drug-likeness (QED) is 0.426. The number of halogens is 2. The zero-order valence-corrected chi connectivity index (χ0v) is 12.8. The fourth-order valence-corrected chi connectivity index (χ4v) is 3.47. The van der Waals surface area contributed by atoms with Crippen LogP contribution in [0.25, 0.3) is 0 Å². The van der Waals surface area contributed by atoms with E-state index in [9.17, 15) is 0 Å². The van der Waals surface area contributed by atoms with E-state index in [-0.39, 0.29) is 4.11 Å². The summed E-state index contributed by atoms with van der Waals surface area (Å²) in [5.41, 5.74) is 2.91. The van der Waals surface area contributed by atoms with Crippen molar-refractivity contribution in [2.24, 2.45) is 0 Å². The van der Waals surface area contributed by atoms with Crippen molar-refractivity contribution in [3.8, 4) is 5.75 Å². The standard InChI is InChI=1S/C14H18ClIO/c15-10-9-14(16)17-13-8-4-6-11-5-2-1-3-7-12(11)13/h4,6,8,14H,1-3,5,7,9-10H2/t14-/m1/s1. The number of benzene rings is 1. The molecule has 0 N–H and O–H groups in total. The summed E-state index contributed by atoms with van der Waals surface area (Å²) in [6.45, 7) is 0. The summed E-state index contributed by atoms with van der Waals surface area (Å²) in [6, 6.07) is 6.46. The molecule has 3 heteroatoms. The molecule has 0 aromatic heterocycles. The molecule has 0 saturated heterocycles. The molecule has 0 saturated carbocycles. The van der Waals surface area contributed by atoms with Gasteiger partial charge in [0.05, 0.1) is 0 Å². The second-order valence-electron chi connectivity index (χ2n) is 4.46. The molecule has 0 unspecified atom stereocenters. The van der Waals surface area contributed by atoms with E-state index in [2.05, 4.69) is 40.8 Å². The van der Waals surface area contributed by atoms with Crippen LogP contribution in [0.3, 0.4) is 0 Å². The van der Waals surface area contributed by atoms with Crippen LogP contribution in [0.5, 0.6) is 5.75 Å². The Bertz CT molecular complexity index is 367. The van der Waals surface area contributed by atoms with Crippen LogP contribution >= 0.6 is 34.2 Å². The molecule has 0 amide bonds. The third-order valence-electron chi connectivity index (χ3n) is 3.19. The molecule has 1 aliphatic carbocycles. The van der Waals surface area contributed by atoms with Gasteiger partial charge in [-0.3, -0.25) is 0 Å². The Labute approximate surface area is 122 Å². The molecule has 0 radical (unpaired) electrons. The van der Waals surface area contributed by atoms with Crippen LogP contribution in [-0.2, 0) is 12.8 Å². The molecule has 17 heavy (non-hydrogen) atoms. The van der Waals surface area contributed by atoms with Gasteiger partial charge in [-0.05, 0) is 65.5 Å². The lowest BCUT2D eigenvalue weighted by atomic mass is 10.0. The first-order valence-electron chi connectivity index (χ1n) is 6.28. The molecule has 0 fully saturated rings. The summed E-state index contributed by atoms with van der Waals surface area (Å²) < 4.78 is 6.19. The number of ether oxygens (including phenoxy) is 1. The monoisotopic (exact) mass is 364 g/mol. The number of fused-ring (bicyclic) bond motifs is 1. The summed E-state index contributed by atoms with van der Waals surface area (Å²) >= 11 is 8.07. The smallest absolute Gasteiger partial charge is 0.150 e. The van der Waals surface area contributed by atoms with Gasteiger partial charge in [-0.1, -0.05) is 18.6 Å². The van der Waals surface area contributed by atoms with Crippen molar-refractivity contribution in [1.29, 1.82) is 0 Å². The minimum absolute atomic E-state index is 0.180. The van der Waals surface area contributed by atoms with E-state index >= 15 is 0 Å². The van der Waals surface area contributed by atoms with Gasteiger partial charge in [0.15, 0.2) is 4.11 Å². The Morgan fingerprint density at radius 1 is 1.24 bits per heavy atom. The maximum absolute atomic E-state index is 6.01. The van der Waals surface area contributed by atoms with E-state index in [0.29, 0.717) is 5.88 Å². The van der Waals surface area contributed by atoms with Gasteiger partial charge in [-0.2, -0.15) is 0 Å². The topological polar surface area (TPSA) is 9.23 Å². The zero-order valence-electron chi connectivity index (χ0n) is 9.92. The van der Waals surface area contributed by atoms with Gasteiger partial charge in [0.25, 0.3) is 0 Å². The lowest BCUT2D eigenvalue weighted by Gasteiger charge is -2.17. The van der Waals surface area contributed by atoms with E-state index in [1.54, 1.807) is 0 Å². The molecule has 1 atom stereocenters. The Hall–Kier alpha value is 0.0400. The minimum atomic E-state index is 0.180. The molecular weight excluding hydrogens is 347 g/mol. The van der Waals surface area contributed by atoms with Gasteiger partial charge in [0.1, 0.15) is 5.75 Å². The summed E-state index contributed by atoms with van der Waals surface area (Å²) in [5.74, 6) is 1.73. The fourth-order valence-electron chi connectivity index (χ4n) is 2.32. The third-order valence-corrected chi connectivity index (χ3v) is 4.29. The number of alkyl halides is 2. The molecule has 0 bridgehead atoms. The van der Waals surface area contributed by atoms with Crippen molar-refractivity contribution < 1.29 is 4.74 Å². The van der Waals surface area contributed by atoms with Crippen LogP contribution in [0, 0.1) is 0 Å². The summed E-state index contributed by atoms with van der Waals surface area (Å²) in [4.78, 5) is 0. The minimum Gasteiger partial charge on any atom is -0.480 e. The van der Waals surface area contributed by atoms with E-state index < -0.39 is 0 Å². The van der Waals surface area contributed by atoms with Crippen molar-refractivity contribution in [3.63, 3.8) is 0 Å². The highest BCUT2D eigenvalue weighted by Gasteiger charge is 2.14. The number of hydrogen-bond acceptors (Lipinski definition) is 1. The van der Waals surface area contributed by atoms with E-state index in [1.165, 1.54) is 36.8 Å². The SMILES string of the molecule is ClCC[C@H](I)Oc1cccc2c1CCCCC2. The molecule has 0 heterocycles. The van der Waals surface area contributed by atoms with Crippen molar-refractivity contribution >= 4 is 34.2 Å². The first-order chi connectivity index (χ1) is 8.31. The number of rotatable bonds is 4. The third kappa shape index (κ3) is 3.75. The van der Waals surface area contributed by atoms with Crippen LogP contribution < -0.4 is 4.74 Å². The van der Waals surface area contributed by atoms with Crippen LogP contribution in [-0.4, -0.2) is 9.99 Å². The molecule has 2 rings (SSSR count). The van der Waals surface area contributed by atoms with Crippen molar-refractivity contribution in [2.45, 2.75) is 42.6 Å². The van der Waals surface area contributed by atoms with Gasteiger partial charge in [-0.15, -0.1) is 11.6 Å². The molecule has 1 nitrogen and oxygen atoms in total. The van der Waals surface area contributed by atoms with E-state index in [1.807, 2.05) is 0 Å². The van der Waals surface area contributed by atoms with E-state index in [4.69, 9.17) is 16.3 Å². The van der Waals surface area contributed by atoms with Crippen LogP contribution in [0.15, 0.2) is 18.2 Å². The predicted octanol–water partition coefficient (Wildman–Crippen LogP) is 4.72. The number of hydrogen-bond donors (Lipinski definition) is 0. The Balaban J connectivity index is 2.16. The average molecular weight is 365 g/mol. The second-order valence-corrected chi connectivity index (χ2v) is 6.23. The Morgan fingerprint density at radius 2 is 2.06 bits per heavy atom. The first-order valence-corrected chi connectivity index (χ1v) is 8.06. The van der Waals surface area contributed by atoms with Gasteiger partial charge in [-0.25, -0.2) is 0 Å². The number of aryl methyl sites for hydroxylation is 1. The maximum atomic E-state index is 6.01. The van der Waals surface area contributed by atoms with Gasteiger partial charge in [0.2, 0.25) is 0 Å². The van der Waals surface area contributed by atoms with Crippen LogP contribution in [0.1, 0.15) is 36.8 Å². The van der Waals surface area contributed by atoms with Crippen LogP contribution in [0.4, 0.5) is 0 Å². The lowest BCUT2D eigenvalue weighted by Crippen LogP contribution is -2.10. The summed E-state index contributed by atoms with van der Waals surface area (Å²) in [7, 11) is 0. The van der Waals surface area contributed by atoms with E-state index in [0.717, 1.165) is 18.6 Å². The highest BCUT2D eigenvalue weighted by atomic mass is 127. The Morgan fingerprint density at radius 3 is 2.88 bits per heavy atom. The largest absolute Gasteiger partial charge is 0.480 e. The first kappa shape index (κ1) is 13.5. The molecule has 1 aromatic rings. The Kier molecular flexibility index (Phi) is 5.42. The van der Waals surface area contributed by atoms with Gasteiger partial charge >= 0.3 is 0 Å². The lowest BCUT2D eigenvalue weighted by molar-refractivity contribution is 0.296. The summed E-state index contributed by atoms with van der Waals surface area (Å²) in [5, 5.41) is 0. The molecule has 0 aliphatic heterocycles. The normalized spacial score (nSPS) is 17.1. The van der Waals surface area contributed by atoms with Gasteiger partial charge in [0, 0.05) is 12.3 Å². The summed E-state index contributed by atoms with van der Waals surface area (Å²) in [6.07, 6.45) is 7.19. The van der Waals surface area contributed by atoms with Crippen molar-refractivity contribution in [1.82, 2.24) is 0 Å². The predicted molar refractivity (Wildman–Crippen MR) is 81.5 cm³/mol. The highest BCUT2D eigenvalue weighted by molar-refractivity contribution is 14.1. The maximum Gasteiger partial charge on any atom is 0.150 e. The molecule has 1 aromatic carbocycles.